The van der Waals surface area contributed by atoms with Crippen molar-refractivity contribution in [3.8, 4) is 0 Å². The molecule has 4 heteroatoms. The van der Waals surface area contributed by atoms with Crippen molar-refractivity contribution >= 4 is 11.6 Å². The highest BCUT2D eigenvalue weighted by molar-refractivity contribution is 6.31. The first-order valence-electron chi connectivity index (χ1n) is 6.51. The summed E-state index contributed by atoms with van der Waals surface area (Å²) < 4.78 is 1.77. The van der Waals surface area contributed by atoms with Crippen molar-refractivity contribution in [1.82, 2.24) is 9.78 Å². The highest BCUT2D eigenvalue weighted by atomic mass is 35.5. The van der Waals surface area contributed by atoms with E-state index in [1.165, 1.54) is 11.1 Å². The Morgan fingerprint density at radius 1 is 1.47 bits per heavy atom. The van der Waals surface area contributed by atoms with E-state index in [1.807, 2.05) is 26.1 Å². The molecule has 0 saturated heterocycles. The molecular formula is C15H17ClN2O. The Kier molecular flexibility index (Phi) is 3.11. The van der Waals surface area contributed by atoms with Gasteiger partial charge in [-0.05, 0) is 24.5 Å². The van der Waals surface area contributed by atoms with Gasteiger partial charge < -0.3 is 5.11 Å². The van der Waals surface area contributed by atoms with E-state index < -0.39 is 6.10 Å². The van der Waals surface area contributed by atoms with Crippen LogP contribution in [0.25, 0.3) is 0 Å². The zero-order valence-electron chi connectivity index (χ0n) is 11.1. The molecule has 19 heavy (non-hydrogen) atoms. The number of fused-ring (bicyclic) bond motifs is 1. The Hall–Kier alpha value is -1.32. The molecular weight excluding hydrogens is 260 g/mol. The van der Waals surface area contributed by atoms with Crippen LogP contribution in [-0.2, 0) is 19.9 Å². The van der Waals surface area contributed by atoms with Gasteiger partial charge in [-0.3, -0.25) is 4.68 Å². The van der Waals surface area contributed by atoms with Crippen molar-refractivity contribution in [1.29, 1.82) is 0 Å². The molecule has 0 fully saturated rings. The summed E-state index contributed by atoms with van der Waals surface area (Å²) in [4.78, 5) is 0. The van der Waals surface area contributed by atoms with E-state index in [1.54, 1.807) is 4.68 Å². The second-order valence-corrected chi connectivity index (χ2v) is 5.63. The Bertz CT molecular complexity index is 621. The van der Waals surface area contributed by atoms with Crippen molar-refractivity contribution in [3.63, 3.8) is 0 Å². The minimum atomic E-state index is -0.401. The number of benzene rings is 1. The van der Waals surface area contributed by atoms with Crippen LogP contribution in [0.5, 0.6) is 0 Å². The fourth-order valence-corrected chi connectivity index (χ4v) is 3.12. The number of aryl methyl sites for hydroxylation is 2. The summed E-state index contributed by atoms with van der Waals surface area (Å²) >= 11 is 6.23. The van der Waals surface area contributed by atoms with Gasteiger partial charge in [0.2, 0.25) is 0 Å². The Morgan fingerprint density at radius 3 is 2.84 bits per heavy atom. The fraction of sp³-hybridized carbons (Fsp3) is 0.400. The van der Waals surface area contributed by atoms with E-state index in [0.717, 1.165) is 17.8 Å². The molecule has 3 nitrogen and oxygen atoms in total. The standard InChI is InChI=1S/C15H17ClN2O/c1-9-15(16)13(18(2)17-9)8-14(19)12-7-10-5-3-4-6-11(10)12/h3-6,12,14,19H,7-8H2,1-2H3. The number of nitrogens with zero attached hydrogens (tertiary/aromatic N) is 2. The van der Waals surface area contributed by atoms with Gasteiger partial charge in [-0.15, -0.1) is 0 Å². The highest BCUT2D eigenvalue weighted by Gasteiger charge is 2.32. The Morgan fingerprint density at radius 2 is 2.21 bits per heavy atom. The summed E-state index contributed by atoms with van der Waals surface area (Å²) in [7, 11) is 1.87. The van der Waals surface area contributed by atoms with Crippen LogP contribution < -0.4 is 0 Å². The predicted molar refractivity (Wildman–Crippen MR) is 75.6 cm³/mol. The van der Waals surface area contributed by atoms with Crippen LogP contribution in [0.4, 0.5) is 0 Å². The molecule has 2 unspecified atom stereocenters. The summed E-state index contributed by atoms with van der Waals surface area (Å²) in [6.45, 7) is 1.89. The lowest BCUT2D eigenvalue weighted by Gasteiger charge is -2.33. The Balaban J connectivity index is 1.78. The number of aliphatic hydroxyl groups excluding tert-OH is 1. The molecule has 1 heterocycles. The van der Waals surface area contributed by atoms with Crippen molar-refractivity contribution in [2.24, 2.45) is 7.05 Å². The third-order valence-electron chi connectivity index (χ3n) is 4.02. The van der Waals surface area contributed by atoms with Gasteiger partial charge in [0.25, 0.3) is 0 Å². The van der Waals surface area contributed by atoms with Crippen LogP contribution in [-0.4, -0.2) is 21.0 Å². The predicted octanol–water partition coefficient (Wildman–Crippen LogP) is 2.63. The van der Waals surface area contributed by atoms with Crippen LogP contribution in [0, 0.1) is 6.92 Å². The van der Waals surface area contributed by atoms with Crippen LogP contribution >= 0.6 is 11.6 Å². The molecule has 2 atom stereocenters. The molecule has 0 bridgehead atoms. The molecule has 1 aliphatic rings. The van der Waals surface area contributed by atoms with E-state index in [9.17, 15) is 5.11 Å². The zero-order chi connectivity index (χ0) is 13.6. The fourth-order valence-electron chi connectivity index (χ4n) is 2.88. The van der Waals surface area contributed by atoms with E-state index in [2.05, 4.69) is 17.2 Å². The van der Waals surface area contributed by atoms with Gasteiger partial charge in [0, 0.05) is 19.4 Å². The van der Waals surface area contributed by atoms with Crippen molar-refractivity contribution in [2.45, 2.75) is 31.8 Å². The quantitative estimate of drug-likeness (QED) is 0.936. The minimum Gasteiger partial charge on any atom is -0.392 e. The lowest BCUT2D eigenvalue weighted by molar-refractivity contribution is 0.131. The third-order valence-corrected chi connectivity index (χ3v) is 4.51. The molecule has 1 aromatic heterocycles. The molecule has 1 aromatic carbocycles. The first kappa shape index (κ1) is 12.7. The van der Waals surface area contributed by atoms with Crippen molar-refractivity contribution in [3.05, 3.63) is 51.8 Å². The normalized spacial score (nSPS) is 18.8. The van der Waals surface area contributed by atoms with E-state index in [-0.39, 0.29) is 5.92 Å². The van der Waals surface area contributed by atoms with Crippen LogP contribution in [0.1, 0.15) is 28.4 Å². The summed E-state index contributed by atoms with van der Waals surface area (Å²) in [5.41, 5.74) is 4.35. The lowest BCUT2D eigenvalue weighted by Crippen LogP contribution is -2.31. The molecule has 1 aliphatic carbocycles. The second-order valence-electron chi connectivity index (χ2n) is 5.25. The number of halogens is 1. The van der Waals surface area contributed by atoms with Gasteiger partial charge >= 0.3 is 0 Å². The number of hydrogen-bond donors (Lipinski definition) is 1. The zero-order valence-corrected chi connectivity index (χ0v) is 11.9. The Labute approximate surface area is 117 Å². The maximum Gasteiger partial charge on any atom is 0.0847 e. The largest absolute Gasteiger partial charge is 0.392 e. The molecule has 2 aromatic rings. The molecule has 0 radical (unpaired) electrons. The molecule has 0 saturated carbocycles. The number of hydrogen-bond acceptors (Lipinski definition) is 2. The average molecular weight is 277 g/mol. The molecule has 0 aliphatic heterocycles. The summed E-state index contributed by atoms with van der Waals surface area (Å²) in [6.07, 6.45) is 1.10. The maximum absolute atomic E-state index is 10.4. The van der Waals surface area contributed by atoms with E-state index in [0.29, 0.717) is 11.4 Å². The first-order valence-corrected chi connectivity index (χ1v) is 6.89. The molecule has 1 N–H and O–H groups in total. The molecule has 100 valence electrons. The van der Waals surface area contributed by atoms with Crippen LogP contribution in [0.15, 0.2) is 24.3 Å². The van der Waals surface area contributed by atoms with Gasteiger partial charge in [0.1, 0.15) is 0 Å². The first-order chi connectivity index (χ1) is 9.08. The smallest absolute Gasteiger partial charge is 0.0847 e. The number of aromatic nitrogens is 2. The number of rotatable bonds is 3. The second kappa shape index (κ2) is 4.66. The van der Waals surface area contributed by atoms with Crippen molar-refractivity contribution in [2.75, 3.05) is 0 Å². The monoisotopic (exact) mass is 276 g/mol. The summed E-state index contributed by atoms with van der Waals surface area (Å²) in [5.74, 6) is 0.225. The highest BCUT2D eigenvalue weighted by Crippen LogP contribution is 2.38. The lowest BCUT2D eigenvalue weighted by atomic mass is 9.73. The summed E-state index contributed by atoms with van der Waals surface area (Å²) in [6, 6.07) is 8.30. The minimum absolute atomic E-state index is 0.225. The SMILES string of the molecule is Cc1nn(C)c(CC(O)C2Cc3ccccc32)c1Cl. The number of aliphatic hydroxyl groups is 1. The van der Waals surface area contributed by atoms with E-state index >= 15 is 0 Å². The van der Waals surface area contributed by atoms with Gasteiger partial charge in [0.05, 0.1) is 22.5 Å². The third kappa shape index (κ3) is 2.07. The topological polar surface area (TPSA) is 38.0 Å². The van der Waals surface area contributed by atoms with Gasteiger partial charge in [-0.2, -0.15) is 5.10 Å². The van der Waals surface area contributed by atoms with Crippen molar-refractivity contribution < 1.29 is 5.11 Å². The van der Waals surface area contributed by atoms with Gasteiger partial charge in [-0.1, -0.05) is 35.9 Å². The maximum atomic E-state index is 10.4. The molecule has 0 amide bonds. The molecule has 0 spiro atoms. The molecule has 3 rings (SSSR count). The van der Waals surface area contributed by atoms with Crippen LogP contribution in [0.3, 0.4) is 0 Å². The van der Waals surface area contributed by atoms with Gasteiger partial charge in [-0.25, -0.2) is 0 Å². The van der Waals surface area contributed by atoms with Gasteiger partial charge in [0.15, 0.2) is 0 Å². The van der Waals surface area contributed by atoms with Crippen LogP contribution in [0.2, 0.25) is 5.02 Å². The van der Waals surface area contributed by atoms with E-state index in [4.69, 9.17) is 11.6 Å². The summed E-state index contributed by atoms with van der Waals surface area (Å²) in [5, 5.41) is 15.4. The average Bonchev–Trinajstić information content (AvgIpc) is 2.58.